The van der Waals surface area contributed by atoms with E-state index in [2.05, 4.69) is 11.9 Å². The first-order valence-corrected chi connectivity index (χ1v) is 6.55. The number of nitrogens with zero attached hydrogens (tertiary/aromatic N) is 2. The Morgan fingerprint density at radius 1 is 1.40 bits per heavy atom. The summed E-state index contributed by atoms with van der Waals surface area (Å²) in [5.41, 5.74) is 7.25. The van der Waals surface area contributed by atoms with E-state index in [1.54, 1.807) is 0 Å². The van der Waals surface area contributed by atoms with Crippen LogP contribution in [0.5, 0.6) is 0 Å². The van der Waals surface area contributed by atoms with Gasteiger partial charge in [-0.15, -0.1) is 11.3 Å². The van der Waals surface area contributed by atoms with Crippen molar-refractivity contribution in [3.05, 3.63) is 10.6 Å². The fourth-order valence-corrected chi connectivity index (χ4v) is 3.41. The Bertz CT molecular complexity index is 370. The van der Waals surface area contributed by atoms with Gasteiger partial charge in [-0.25, -0.2) is 4.98 Å². The number of anilines is 1. The van der Waals surface area contributed by atoms with Crippen LogP contribution >= 0.6 is 11.3 Å². The van der Waals surface area contributed by atoms with Crippen LogP contribution in [-0.2, 0) is 6.42 Å². The molecular weight excluding hydrogens is 206 g/mol. The Morgan fingerprint density at radius 2 is 2.20 bits per heavy atom. The third-order valence-electron chi connectivity index (χ3n) is 3.38. The summed E-state index contributed by atoms with van der Waals surface area (Å²) in [5.74, 6) is 0. The standard InChI is InChI=1S/C11H17N3S/c1-14(7-5-6-7)11-13-10-8(12)3-2-4-9(10)15-11/h7-8H,2-6,12H2,1H3. The number of rotatable bonds is 2. The van der Waals surface area contributed by atoms with Crippen LogP contribution in [0.1, 0.15) is 42.3 Å². The topological polar surface area (TPSA) is 42.2 Å². The molecule has 3 rings (SSSR count). The number of fused-ring (bicyclic) bond motifs is 1. The Labute approximate surface area is 94.3 Å². The lowest BCUT2D eigenvalue weighted by Gasteiger charge is -2.16. The summed E-state index contributed by atoms with van der Waals surface area (Å²) in [5, 5.41) is 1.18. The van der Waals surface area contributed by atoms with Gasteiger partial charge in [0.15, 0.2) is 5.13 Å². The molecule has 0 radical (unpaired) electrons. The largest absolute Gasteiger partial charge is 0.348 e. The van der Waals surface area contributed by atoms with Gasteiger partial charge in [-0.1, -0.05) is 0 Å². The highest BCUT2D eigenvalue weighted by molar-refractivity contribution is 7.15. The fourth-order valence-electron chi connectivity index (χ4n) is 2.21. The van der Waals surface area contributed by atoms with Crippen LogP contribution in [0, 0.1) is 0 Å². The normalized spacial score (nSPS) is 25.1. The number of aryl methyl sites for hydroxylation is 1. The van der Waals surface area contributed by atoms with E-state index in [1.807, 2.05) is 11.3 Å². The molecule has 1 heterocycles. The SMILES string of the molecule is CN(c1nc2c(s1)CCCC2N)C1CC1. The van der Waals surface area contributed by atoms with Gasteiger partial charge < -0.3 is 10.6 Å². The highest BCUT2D eigenvalue weighted by atomic mass is 32.1. The van der Waals surface area contributed by atoms with Gasteiger partial charge in [0, 0.05) is 24.0 Å². The molecule has 1 atom stereocenters. The molecule has 82 valence electrons. The first kappa shape index (κ1) is 9.60. The second kappa shape index (κ2) is 3.46. The van der Waals surface area contributed by atoms with Gasteiger partial charge in [-0.3, -0.25) is 0 Å². The minimum atomic E-state index is 0.186. The second-order valence-electron chi connectivity index (χ2n) is 4.65. The zero-order valence-electron chi connectivity index (χ0n) is 9.07. The van der Waals surface area contributed by atoms with Gasteiger partial charge in [0.05, 0.1) is 5.69 Å². The van der Waals surface area contributed by atoms with Crippen molar-refractivity contribution < 1.29 is 0 Å². The molecule has 0 bridgehead atoms. The summed E-state index contributed by atoms with van der Waals surface area (Å²) in [6, 6.07) is 0.931. The molecule has 0 amide bonds. The number of aromatic nitrogens is 1. The van der Waals surface area contributed by atoms with Crippen molar-refractivity contribution in [1.29, 1.82) is 0 Å². The molecule has 3 nitrogen and oxygen atoms in total. The summed E-state index contributed by atoms with van der Waals surface area (Å²) in [6.45, 7) is 0. The van der Waals surface area contributed by atoms with E-state index >= 15 is 0 Å². The summed E-state index contributed by atoms with van der Waals surface area (Å²) in [4.78, 5) is 8.47. The lowest BCUT2D eigenvalue weighted by Crippen LogP contribution is -2.20. The smallest absolute Gasteiger partial charge is 0.185 e. The summed E-state index contributed by atoms with van der Waals surface area (Å²) in [7, 11) is 2.16. The molecular formula is C11H17N3S. The average Bonchev–Trinajstić information content (AvgIpc) is 2.97. The minimum absolute atomic E-state index is 0.186. The fraction of sp³-hybridized carbons (Fsp3) is 0.727. The molecule has 1 saturated carbocycles. The van der Waals surface area contributed by atoms with Gasteiger partial charge >= 0.3 is 0 Å². The van der Waals surface area contributed by atoms with Crippen LogP contribution in [0.3, 0.4) is 0 Å². The van der Waals surface area contributed by atoms with Crippen molar-refractivity contribution in [2.45, 2.75) is 44.2 Å². The molecule has 1 unspecified atom stereocenters. The Hall–Kier alpha value is -0.610. The Kier molecular flexibility index (Phi) is 2.21. The molecule has 1 aromatic rings. The zero-order valence-corrected chi connectivity index (χ0v) is 9.89. The summed E-state index contributed by atoms with van der Waals surface area (Å²) < 4.78 is 0. The van der Waals surface area contributed by atoms with Crippen LogP contribution < -0.4 is 10.6 Å². The number of hydrogen-bond donors (Lipinski definition) is 1. The molecule has 0 spiro atoms. The number of thiazole rings is 1. The number of nitrogens with two attached hydrogens (primary N) is 1. The summed E-state index contributed by atoms with van der Waals surface area (Å²) >= 11 is 1.85. The molecule has 0 aromatic carbocycles. The monoisotopic (exact) mass is 223 g/mol. The van der Waals surface area contributed by atoms with Crippen molar-refractivity contribution in [1.82, 2.24) is 4.98 Å². The van der Waals surface area contributed by atoms with Crippen molar-refractivity contribution >= 4 is 16.5 Å². The van der Waals surface area contributed by atoms with Crippen LogP contribution in [-0.4, -0.2) is 18.1 Å². The van der Waals surface area contributed by atoms with E-state index in [0.29, 0.717) is 0 Å². The van der Waals surface area contributed by atoms with E-state index in [9.17, 15) is 0 Å². The first-order valence-electron chi connectivity index (χ1n) is 5.73. The maximum atomic E-state index is 6.08. The van der Waals surface area contributed by atoms with Gasteiger partial charge in [0.2, 0.25) is 0 Å². The molecule has 0 aliphatic heterocycles. The van der Waals surface area contributed by atoms with E-state index in [4.69, 9.17) is 10.7 Å². The summed E-state index contributed by atoms with van der Waals surface area (Å²) in [6.07, 6.45) is 6.16. The molecule has 15 heavy (non-hydrogen) atoms. The van der Waals surface area contributed by atoms with Crippen molar-refractivity contribution in [3.8, 4) is 0 Å². The van der Waals surface area contributed by atoms with Crippen molar-refractivity contribution in [2.24, 2.45) is 5.73 Å². The third-order valence-corrected chi connectivity index (χ3v) is 4.60. The molecule has 2 N–H and O–H groups in total. The molecule has 0 saturated heterocycles. The lowest BCUT2D eigenvalue weighted by atomic mass is 9.99. The lowest BCUT2D eigenvalue weighted by molar-refractivity contribution is 0.563. The van der Waals surface area contributed by atoms with E-state index in [0.717, 1.165) is 12.5 Å². The Balaban J connectivity index is 1.90. The minimum Gasteiger partial charge on any atom is -0.348 e. The van der Waals surface area contributed by atoms with Crippen LogP contribution in [0.4, 0.5) is 5.13 Å². The molecule has 4 heteroatoms. The predicted molar refractivity (Wildman–Crippen MR) is 63.4 cm³/mol. The highest BCUT2D eigenvalue weighted by Crippen LogP contribution is 2.38. The van der Waals surface area contributed by atoms with E-state index in [1.165, 1.54) is 41.4 Å². The predicted octanol–water partition coefficient (Wildman–Crippen LogP) is 2.08. The van der Waals surface area contributed by atoms with Crippen LogP contribution in [0.25, 0.3) is 0 Å². The van der Waals surface area contributed by atoms with Crippen molar-refractivity contribution in [3.63, 3.8) is 0 Å². The first-order chi connectivity index (χ1) is 7.25. The zero-order chi connectivity index (χ0) is 10.4. The maximum Gasteiger partial charge on any atom is 0.185 e. The van der Waals surface area contributed by atoms with Gasteiger partial charge in [0.1, 0.15) is 0 Å². The van der Waals surface area contributed by atoms with Gasteiger partial charge in [0.25, 0.3) is 0 Å². The van der Waals surface area contributed by atoms with Crippen LogP contribution in [0.15, 0.2) is 0 Å². The molecule has 2 aliphatic rings. The van der Waals surface area contributed by atoms with E-state index < -0.39 is 0 Å². The van der Waals surface area contributed by atoms with Gasteiger partial charge in [-0.05, 0) is 32.1 Å². The quantitative estimate of drug-likeness (QED) is 0.834. The molecule has 1 fully saturated rings. The van der Waals surface area contributed by atoms with Crippen LogP contribution in [0.2, 0.25) is 0 Å². The third kappa shape index (κ3) is 1.66. The Morgan fingerprint density at radius 3 is 2.87 bits per heavy atom. The maximum absolute atomic E-state index is 6.08. The highest BCUT2D eigenvalue weighted by Gasteiger charge is 2.30. The van der Waals surface area contributed by atoms with Crippen molar-refractivity contribution in [2.75, 3.05) is 11.9 Å². The molecule has 2 aliphatic carbocycles. The molecule has 1 aromatic heterocycles. The van der Waals surface area contributed by atoms with E-state index in [-0.39, 0.29) is 6.04 Å². The second-order valence-corrected chi connectivity index (χ2v) is 5.71. The van der Waals surface area contributed by atoms with Gasteiger partial charge in [-0.2, -0.15) is 0 Å². The number of hydrogen-bond acceptors (Lipinski definition) is 4. The average molecular weight is 223 g/mol.